The highest BCUT2D eigenvalue weighted by Gasteiger charge is 2.16. The van der Waals surface area contributed by atoms with Gasteiger partial charge in [0.1, 0.15) is 4.88 Å². The highest BCUT2D eigenvalue weighted by Crippen LogP contribution is 2.32. The maximum atomic E-state index is 11.2. The zero-order chi connectivity index (χ0) is 11.5. The third kappa shape index (κ3) is 1.72. The third-order valence-corrected chi connectivity index (χ3v) is 3.11. The van der Waals surface area contributed by atoms with Crippen molar-refractivity contribution in [3.05, 3.63) is 34.7 Å². The summed E-state index contributed by atoms with van der Waals surface area (Å²) in [7, 11) is 0. The molecule has 0 bridgehead atoms. The first-order chi connectivity index (χ1) is 7.74. The highest BCUT2D eigenvalue weighted by atomic mass is 32.1. The third-order valence-electron chi connectivity index (χ3n) is 2.10. The van der Waals surface area contributed by atoms with Gasteiger partial charge in [0.25, 0.3) is 0 Å². The lowest BCUT2D eigenvalue weighted by Gasteiger charge is -1.98. The monoisotopic (exact) mass is 232 g/mol. The second kappa shape index (κ2) is 4.24. The Labute approximate surface area is 95.7 Å². The van der Waals surface area contributed by atoms with Gasteiger partial charge in [0.2, 0.25) is 5.78 Å². The van der Waals surface area contributed by atoms with Gasteiger partial charge >= 0.3 is 0 Å². The van der Waals surface area contributed by atoms with Crippen LogP contribution in [0.2, 0.25) is 0 Å². The highest BCUT2D eigenvalue weighted by molar-refractivity contribution is 7.14. The SMILES string of the molecule is Nc1c(-c2ccccn2)csc1C(=O)C=O. The van der Waals surface area contributed by atoms with Gasteiger partial charge in [-0.15, -0.1) is 11.3 Å². The molecule has 4 nitrogen and oxygen atoms in total. The minimum atomic E-state index is -0.593. The van der Waals surface area contributed by atoms with Crippen LogP contribution in [0.1, 0.15) is 9.67 Å². The molecule has 0 fully saturated rings. The molecule has 0 atom stereocenters. The summed E-state index contributed by atoms with van der Waals surface area (Å²) in [5.74, 6) is -0.593. The van der Waals surface area contributed by atoms with E-state index < -0.39 is 5.78 Å². The average Bonchev–Trinajstić information content (AvgIpc) is 2.71. The number of aldehydes is 1. The molecule has 2 heterocycles. The van der Waals surface area contributed by atoms with Crippen LogP contribution in [0, 0.1) is 0 Å². The molecular weight excluding hydrogens is 224 g/mol. The molecule has 0 saturated carbocycles. The number of Topliss-reactive ketones (excluding diaryl/α,β-unsaturated/α-hetero) is 1. The maximum absolute atomic E-state index is 11.2. The van der Waals surface area contributed by atoms with Crippen LogP contribution in [0.4, 0.5) is 5.69 Å². The topological polar surface area (TPSA) is 73.0 Å². The van der Waals surface area contributed by atoms with E-state index in [1.54, 1.807) is 23.7 Å². The first-order valence-corrected chi connectivity index (χ1v) is 5.40. The Balaban J connectivity index is 2.49. The van der Waals surface area contributed by atoms with E-state index in [9.17, 15) is 9.59 Å². The summed E-state index contributed by atoms with van der Waals surface area (Å²) in [6.45, 7) is 0. The van der Waals surface area contributed by atoms with E-state index in [0.717, 1.165) is 11.3 Å². The summed E-state index contributed by atoms with van der Waals surface area (Å²) in [6.07, 6.45) is 1.91. The Morgan fingerprint density at radius 1 is 1.44 bits per heavy atom. The molecule has 16 heavy (non-hydrogen) atoms. The molecule has 0 spiro atoms. The number of ketones is 1. The van der Waals surface area contributed by atoms with Gasteiger partial charge in [-0.05, 0) is 12.1 Å². The summed E-state index contributed by atoms with van der Waals surface area (Å²) in [5, 5.41) is 1.73. The van der Waals surface area contributed by atoms with E-state index in [2.05, 4.69) is 4.98 Å². The number of carbonyl (C=O) groups excluding carboxylic acids is 2. The second-order valence-electron chi connectivity index (χ2n) is 3.09. The minimum absolute atomic E-state index is 0.268. The summed E-state index contributed by atoms with van der Waals surface area (Å²) in [6, 6.07) is 5.43. The number of nitrogen functional groups attached to an aromatic ring is 1. The lowest BCUT2D eigenvalue weighted by atomic mass is 10.1. The van der Waals surface area contributed by atoms with Crippen LogP contribution < -0.4 is 5.73 Å². The van der Waals surface area contributed by atoms with Crippen molar-refractivity contribution in [2.75, 3.05) is 5.73 Å². The van der Waals surface area contributed by atoms with Crippen LogP contribution >= 0.6 is 11.3 Å². The average molecular weight is 232 g/mol. The quantitative estimate of drug-likeness (QED) is 0.497. The van der Waals surface area contributed by atoms with Crippen molar-refractivity contribution in [2.24, 2.45) is 0 Å². The maximum Gasteiger partial charge on any atom is 0.237 e. The number of hydrogen-bond acceptors (Lipinski definition) is 5. The number of thiophene rings is 1. The lowest BCUT2D eigenvalue weighted by Crippen LogP contribution is -2.01. The van der Waals surface area contributed by atoms with Crippen LogP contribution in [0.25, 0.3) is 11.3 Å². The van der Waals surface area contributed by atoms with Gasteiger partial charge in [0.15, 0.2) is 6.29 Å². The van der Waals surface area contributed by atoms with Crippen molar-refractivity contribution in [1.29, 1.82) is 0 Å². The number of pyridine rings is 1. The van der Waals surface area contributed by atoms with E-state index in [4.69, 9.17) is 5.73 Å². The fourth-order valence-electron chi connectivity index (χ4n) is 1.33. The van der Waals surface area contributed by atoms with E-state index in [0.29, 0.717) is 16.9 Å². The molecule has 0 aliphatic heterocycles. The fraction of sp³-hybridized carbons (Fsp3) is 0. The standard InChI is InChI=1S/C11H8N2O2S/c12-10-7(8-3-1-2-4-13-8)6-16-11(10)9(15)5-14/h1-6H,12H2. The lowest BCUT2D eigenvalue weighted by molar-refractivity contribution is -0.104. The van der Waals surface area contributed by atoms with Crippen molar-refractivity contribution in [2.45, 2.75) is 0 Å². The normalized spacial score (nSPS) is 10.0. The molecule has 2 aromatic heterocycles. The van der Waals surface area contributed by atoms with E-state index >= 15 is 0 Å². The van der Waals surface area contributed by atoms with Crippen LogP contribution in [-0.2, 0) is 4.79 Å². The van der Waals surface area contributed by atoms with Crippen LogP contribution in [0.15, 0.2) is 29.8 Å². The Morgan fingerprint density at radius 2 is 2.25 bits per heavy atom. The number of nitrogens with zero attached hydrogens (tertiary/aromatic N) is 1. The van der Waals surface area contributed by atoms with Crippen molar-refractivity contribution in [1.82, 2.24) is 4.98 Å². The van der Waals surface area contributed by atoms with E-state index in [1.807, 2.05) is 6.07 Å². The molecule has 80 valence electrons. The predicted octanol–water partition coefficient (Wildman–Crippen LogP) is 1.77. The Bertz CT molecular complexity index is 534. The van der Waals surface area contributed by atoms with E-state index in [1.165, 1.54) is 0 Å². The molecule has 2 aromatic rings. The summed E-state index contributed by atoms with van der Waals surface area (Å²) >= 11 is 1.16. The number of aromatic nitrogens is 1. The molecule has 0 aromatic carbocycles. The van der Waals surface area contributed by atoms with Gasteiger partial charge in [-0.3, -0.25) is 14.6 Å². The Hall–Kier alpha value is -2.01. The first kappa shape index (κ1) is 10.5. The van der Waals surface area contributed by atoms with Crippen LogP contribution in [-0.4, -0.2) is 17.1 Å². The predicted molar refractivity (Wildman–Crippen MR) is 62.4 cm³/mol. The van der Waals surface area contributed by atoms with Gasteiger partial charge in [0.05, 0.1) is 11.4 Å². The van der Waals surface area contributed by atoms with Crippen molar-refractivity contribution < 1.29 is 9.59 Å². The molecular formula is C11H8N2O2S. The zero-order valence-corrected chi connectivity index (χ0v) is 9.03. The summed E-state index contributed by atoms with van der Waals surface area (Å²) in [4.78, 5) is 26.0. The minimum Gasteiger partial charge on any atom is -0.397 e. The Kier molecular flexibility index (Phi) is 2.78. The number of nitrogens with two attached hydrogens (primary N) is 1. The summed E-state index contributed by atoms with van der Waals surface area (Å²) < 4.78 is 0. The smallest absolute Gasteiger partial charge is 0.237 e. The van der Waals surface area contributed by atoms with Gasteiger partial charge in [-0.2, -0.15) is 0 Å². The van der Waals surface area contributed by atoms with Crippen LogP contribution in [0.5, 0.6) is 0 Å². The molecule has 0 aliphatic carbocycles. The molecule has 0 radical (unpaired) electrons. The fourth-order valence-corrected chi connectivity index (χ4v) is 2.22. The van der Waals surface area contributed by atoms with Gasteiger partial charge in [0, 0.05) is 17.1 Å². The molecule has 5 heteroatoms. The number of carbonyl (C=O) groups is 2. The summed E-state index contributed by atoms with van der Waals surface area (Å²) in [5.41, 5.74) is 7.51. The van der Waals surface area contributed by atoms with Gasteiger partial charge < -0.3 is 5.73 Å². The van der Waals surface area contributed by atoms with Crippen LogP contribution in [0.3, 0.4) is 0 Å². The molecule has 0 aliphatic rings. The van der Waals surface area contributed by atoms with Gasteiger partial charge in [-0.25, -0.2) is 0 Å². The second-order valence-corrected chi connectivity index (χ2v) is 3.97. The molecule has 2 rings (SSSR count). The molecule has 0 amide bonds. The van der Waals surface area contributed by atoms with Crippen molar-refractivity contribution in [3.8, 4) is 11.3 Å². The number of hydrogen-bond donors (Lipinski definition) is 1. The number of anilines is 1. The molecule has 0 unspecified atom stereocenters. The zero-order valence-electron chi connectivity index (χ0n) is 8.21. The first-order valence-electron chi connectivity index (χ1n) is 4.52. The van der Waals surface area contributed by atoms with Crippen molar-refractivity contribution >= 4 is 29.1 Å². The van der Waals surface area contributed by atoms with Crippen molar-refractivity contribution in [3.63, 3.8) is 0 Å². The van der Waals surface area contributed by atoms with Gasteiger partial charge in [-0.1, -0.05) is 6.07 Å². The Morgan fingerprint density at radius 3 is 2.88 bits per heavy atom. The largest absolute Gasteiger partial charge is 0.397 e. The number of rotatable bonds is 3. The molecule has 0 saturated heterocycles. The van der Waals surface area contributed by atoms with E-state index in [-0.39, 0.29) is 11.2 Å². The molecule has 2 N–H and O–H groups in total.